The van der Waals surface area contributed by atoms with Crippen molar-refractivity contribution in [2.24, 2.45) is 10.7 Å². The number of ether oxygens (including phenoxy) is 1. The van der Waals surface area contributed by atoms with Gasteiger partial charge in [-0.25, -0.2) is 19.8 Å². The number of pyridine rings is 2. The van der Waals surface area contributed by atoms with Gasteiger partial charge in [0.05, 0.1) is 18.9 Å². The number of morpholine rings is 1. The number of anilines is 4. The summed E-state index contributed by atoms with van der Waals surface area (Å²) in [6.07, 6.45) is 4.30. The number of carbonyl (C=O) groups is 1. The molecule has 2 fully saturated rings. The van der Waals surface area contributed by atoms with E-state index in [4.69, 9.17) is 15.5 Å². The maximum absolute atomic E-state index is 12.5. The summed E-state index contributed by atoms with van der Waals surface area (Å²) in [7, 11) is 0. The Hall–Kier alpha value is -4.02. The molecule has 184 valence electrons. The maximum atomic E-state index is 12.5. The number of hydrogen-bond donors (Lipinski definition) is 3. The lowest BCUT2D eigenvalue weighted by molar-refractivity contribution is 0.122. The fourth-order valence-electron chi connectivity index (χ4n) is 4.71. The van der Waals surface area contributed by atoms with Crippen LogP contribution in [0.4, 0.5) is 33.5 Å². The fourth-order valence-corrected chi connectivity index (χ4v) is 4.71. The van der Waals surface area contributed by atoms with Crippen LogP contribution in [0.2, 0.25) is 0 Å². The van der Waals surface area contributed by atoms with Gasteiger partial charge in [-0.3, -0.25) is 5.32 Å². The predicted octanol–water partition coefficient (Wildman–Crippen LogP) is 2.78. The first-order valence-corrected chi connectivity index (χ1v) is 12.2. The number of aromatic nitrogens is 2. The van der Waals surface area contributed by atoms with E-state index < -0.39 is 0 Å². The van der Waals surface area contributed by atoms with Gasteiger partial charge in [-0.05, 0) is 35.4 Å². The molecule has 5 heterocycles. The van der Waals surface area contributed by atoms with Gasteiger partial charge >= 0.3 is 6.03 Å². The Labute approximate surface area is 209 Å². The molecular weight excluding hydrogens is 456 g/mol. The first kappa shape index (κ1) is 22.4. The molecule has 3 aromatic rings. The predicted molar refractivity (Wildman–Crippen MR) is 141 cm³/mol. The third-order valence-corrected chi connectivity index (χ3v) is 6.64. The van der Waals surface area contributed by atoms with Gasteiger partial charge in [-0.2, -0.15) is 0 Å². The third kappa shape index (κ3) is 4.60. The Morgan fingerprint density at radius 3 is 2.53 bits per heavy atom. The van der Waals surface area contributed by atoms with Crippen LogP contribution in [0.1, 0.15) is 11.1 Å². The van der Waals surface area contributed by atoms with E-state index in [1.54, 1.807) is 6.20 Å². The summed E-state index contributed by atoms with van der Waals surface area (Å²) in [5.74, 6) is 1.42. The monoisotopic (exact) mass is 484 g/mol. The molecule has 2 amide bonds. The van der Waals surface area contributed by atoms with E-state index in [0.29, 0.717) is 24.7 Å². The van der Waals surface area contributed by atoms with Crippen LogP contribution < -0.4 is 26.2 Å². The van der Waals surface area contributed by atoms with Gasteiger partial charge in [-0.15, -0.1) is 0 Å². The second kappa shape index (κ2) is 9.56. The number of nitrogens with one attached hydrogen (secondary N) is 2. The highest BCUT2D eigenvalue weighted by Gasteiger charge is 2.25. The number of carbonyl (C=O) groups excluding carboxylic acids is 1. The normalized spacial score (nSPS) is 17.3. The van der Waals surface area contributed by atoms with Gasteiger partial charge in [0.1, 0.15) is 11.5 Å². The lowest BCUT2D eigenvalue weighted by Gasteiger charge is -2.38. The van der Waals surface area contributed by atoms with Crippen molar-refractivity contribution in [3.05, 3.63) is 66.0 Å². The van der Waals surface area contributed by atoms with Crippen LogP contribution in [0.25, 0.3) is 0 Å². The lowest BCUT2D eigenvalue weighted by atomic mass is 10.0. The maximum Gasteiger partial charge on any atom is 0.324 e. The minimum atomic E-state index is -0.348. The van der Waals surface area contributed by atoms with Crippen LogP contribution in [0.3, 0.4) is 0 Å². The average molecular weight is 485 g/mol. The number of amides is 2. The van der Waals surface area contributed by atoms with Gasteiger partial charge in [-0.1, -0.05) is 12.1 Å². The first-order chi connectivity index (χ1) is 17.6. The van der Waals surface area contributed by atoms with Crippen molar-refractivity contribution in [1.29, 1.82) is 0 Å². The van der Waals surface area contributed by atoms with Crippen molar-refractivity contribution in [2.45, 2.75) is 12.5 Å². The van der Waals surface area contributed by atoms with Gasteiger partial charge in [0.2, 0.25) is 0 Å². The summed E-state index contributed by atoms with van der Waals surface area (Å²) in [4.78, 5) is 30.7. The van der Waals surface area contributed by atoms with Crippen LogP contribution in [0.15, 0.2) is 59.9 Å². The molecule has 0 unspecified atom stereocenters. The summed E-state index contributed by atoms with van der Waals surface area (Å²) in [5, 5.41) is 5.67. The summed E-state index contributed by atoms with van der Waals surface area (Å²) >= 11 is 0. The van der Waals surface area contributed by atoms with Crippen LogP contribution >= 0.6 is 0 Å². The van der Waals surface area contributed by atoms with Crippen molar-refractivity contribution < 1.29 is 9.53 Å². The molecule has 1 aromatic carbocycles. The van der Waals surface area contributed by atoms with Gasteiger partial charge in [0, 0.05) is 68.5 Å². The minimum absolute atomic E-state index is 0.202. The topological polar surface area (TPSA) is 121 Å². The van der Waals surface area contributed by atoms with Crippen LogP contribution in [-0.2, 0) is 11.2 Å². The van der Waals surface area contributed by atoms with Crippen molar-refractivity contribution in [3.8, 4) is 0 Å². The number of benzene rings is 1. The number of urea groups is 1. The van der Waals surface area contributed by atoms with Crippen LogP contribution in [-0.4, -0.2) is 67.1 Å². The molecule has 0 atom stereocenters. The minimum Gasteiger partial charge on any atom is -0.378 e. The molecule has 36 heavy (non-hydrogen) atoms. The van der Waals surface area contributed by atoms with Gasteiger partial charge < -0.3 is 25.6 Å². The van der Waals surface area contributed by atoms with E-state index in [2.05, 4.69) is 30.4 Å². The number of aliphatic imine (C=N–C) groups is 1. The Morgan fingerprint density at radius 1 is 0.972 bits per heavy atom. The summed E-state index contributed by atoms with van der Waals surface area (Å²) in [6.45, 7) is 4.68. The lowest BCUT2D eigenvalue weighted by Crippen LogP contribution is -2.55. The van der Waals surface area contributed by atoms with E-state index in [1.807, 2.05) is 48.7 Å². The number of rotatable bonds is 5. The third-order valence-electron chi connectivity index (χ3n) is 6.64. The van der Waals surface area contributed by atoms with E-state index in [9.17, 15) is 4.79 Å². The first-order valence-electron chi connectivity index (χ1n) is 12.2. The second-order valence-electron chi connectivity index (χ2n) is 9.20. The van der Waals surface area contributed by atoms with Crippen LogP contribution in [0.5, 0.6) is 0 Å². The molecule has 3 aliphatic heterocycles. The quantitative estimate of drug-likeness (QED) is 0.509. The standard InChI is InChI=1S/C26H28N8O2/c27-19-15-34(16-19)21-6-8-28-23(14-21)32-26(35)30-20-3-1-17(2-4-20)22-13-18-5-7-29-25(24(18)31-22)33-9-11-36-12-10-33/h1-8,14,19H,9-13,15-16,27H2,(H2,28,30,32,35). The largest absolute Gasteiger partial charge is 0.378 e. The molecule has 4 N–H and O–H groups in total. The smallest absolute Gasteiger partial charge is 0.324 e. The van der Waals surface area contributed by atoms with Gasteiger partial charge in [0.25, 0.3) is 0 Å². The Bertz CT molecular complexity index is 1300. The Balaban J connectivity index is 1.10. The average Bonchev–Trinajstić information content (AvgIpc) is 3.32. The summed E-state index contributed by atoms with van der Waals surface area (Å²) < 4.78 is 5.48. The van der Waals surface area contributed by atoms with E-state index in [1.165, 1.54) is 5.56 Å². The molecule has 10 nitrogen and oxygen atoms in total. The Kier molecular flexibility index (Phi) is 5.96. The van der Waals surface area contributed by atoms with Crippen molar-refractivity contribution in [2.75, 3.05) is 59.8 Å². The molecule has 2 aromatic heterocycles. The fraction of sp³-hybridized carbons (Fsp3) is 0.308. The Morgan fingerprint density at radius 2 is 1.75 bits per heavy atom. The summed E-state index contributed by atoms with van der Waals surface area (Å²) in [5.41, 5.74) is 11.7. The number of nitrogens with zero attached hydrogens (tertiary/aromatic N) is 5. The summed E-state index contributed by atoms with van der Waals surface area (Å²) in [6, 6.07) is 13.4. The zero-order valence-electron chi connectivity index (χ0n) is 19.9. The molecule has 6 rings (SSSR count). The molecule has 3 aliphatic rings. The van der Waals surface area contributed by atoms with E-state index in [0.717, 1.165) is 61.1 Å². The van der Waals surface area contributed by atoms with E-state index in [-0.39, 0.29) is 12.1 Å². The highest BCUT2D eigenvalue weighted by Crippen LogP contribution is 2.36. The van der Waals surface area contributed by atoms with Crippen LogP contribution in [0, 0.1) is 0 Å². The van der Waals surface area contributed by atoms with E-state index >= 15 is 0 Å². The highest BCUT2D eigenvalue weighted by molar-refractivity contribution is 6.08. The molecule has 0 aliphatic carbocycles. The molecule has 10 heteroatoms. The number of nitrogens with two attached hydrogens (primary N) is 1. The van der Waals surface area contributed by atoms with Crippen molar-refractivity contribution in [3.63, 3.8) is 0 Å². The number of hydrogen-bond acceptors (Lipinski definition) is 8. The molecular formula is C26H28N8O2. The SMILES string of the molecule is NC1CN(c2ccnc(NC(=O)Nc3ccc(C4=Nc5c(ccnc5N5CCOCC5)C4)cc3)c2)C1. The molecule has 0 bridgehead atoms. The van der Waals surface area contributed by atoms with Crippen molar-refractivity contribution >= 4 is 40.4 Å². The zero-order valence-corrected chi connectivity index (χ0v) is 19.9. The zero-order chi connectivity index (χ0) is 24.5. The second-order valence-corrected chi connectivity index (χ2v) is 9.20. The highest BCUT2D eigenvalue weighted by atomic mass is 16.5. The molecule has 2 saturated heterocycles. The molecule has 0 radical (unpaired) electrons. The van der Waals surface area contributed by atoms with Crippen molar-refractivity contribution in [1.82, 2.24) is 9.97 Å². The number of fused-ring (bicyclic) bond motifs is 1. The van der Waals surface area contributed by atoms with Gasteiger partial charge in [0.15, 0.2) is 5.82 Å². The molecule has 0 saturated carbocycles. The molecule has 0 spiro atoms.